The lowest BCUT2D eigenvalue weighted by Crippen LogP contribution is -2.26. The van der Waals surface area contributed by atoms with Gasteiger partial charge in [0.2, 0.25) is 0 Å². The molecule has 4 nitrogen and oxygen atoms in total. The Hall–Kier alpha value is -1.81. The molecular weight excluding hydrogens is 228 g/mol. The summed E-state index contributed by atoms with van der Waals surface area (Å²) in [5.74, 6) is 0.502. The zero-order chi connectivity index (χ0) is 13.1. The first-order valence-electron chi connectivity index (χ1n) is 6.04. The first-order valence-corrected chi connectivity index (χ1v) is 6.04. The van der Waals surface area contributed by atoms with Crippen LogP contribution in [0.15, 0.2) is 35.1 Å². The Morgan fingerprint density at radius 3 is 2.83 bits per heavy atom. The van der Waals surface area contributed by atoms with Crippen LogP contribution in [0.1, 0.15) is 19.4 Å². The number of nitrogens with zero attached hydrogens (tertiary/aromatic N) is 1. The second-order valence-corrected chi connectivity index (χ2v) is 4.46. The molecule has 1 heterocycles. The van der Waals surface area contributed by atoms with Crippen LogP contribution in [0.2, 0.25) is 0 Å². The van der Waals surface area contributed by atoms with E-state index in [1.54, 1.807) is 11.7 Å². The Balaban J connectivity index is 2.54. The number of fused-ring (bicyclic) bond motifs is 1. The van der Waals surface area contributed by atoms with Crippen LogP contribution in [-0.2, 0) is 4.74 Å². The second kappa shape index (κ2) is 5.23. The van der Waals surface area contributed by atoms with Gasteiger partial charge in [-0.25, -0.2) is 0 Å². The minimum atomic E-state index is -0.0331. The van der Waals surface area contributed by atoms with Crippen LogP contribution in [0.3, 0.4) is 0 Å². The average Bonchev–Trinajstić information content (AvgIpc) is 2.36. The van der Waals surface area contributed by atoms with E-state index in [-0.39, 0.29) is 11.6 Å². The van der Waals surface area contributed by atoms with Gasteiger partial charge in [-0.3, -0.25) is 9.36 Å². The summed E-state index contributed by atoms with van der Waals surface area (Å²) in [7, 11) is 1.65. The van der Waals surface area contributed by atoms with Gasteiger partial charge in [0, 0.05) is 25.1 Å². The summed E-state index contributed by atoms with van der Waals surface area (Å²) in [4.78, 5) is 12.4. The molecule has 0 amide bonds. The molecule has 1 unspecified atom stereocenters. The largest absolute Gasteiger partial charge is 0.385 e. The lowest BCUT2D eigenvalue weighted by molar-refractivity contribution is 0.181. The molecule has 2 N–H and O–H groups in total. The summed E-state index contributed by atoms with van der Waals surface area (Å²) in [6.07, 6.45) is 0.763. The van der Waals surface area contributed by atoms with Gasteiger partial charge >= 0.3 is 0 Å². The van der Waals surface area contributed by atoms with E-state index in [1.165, 1.54) is 0 Å². The van der Waals surface area contributed by atoms with E-state index in [9.17, 15) is 4.79 Å². The molecule has 0 spiro atoms. The summed E-state index contributed by atoms with van der Waals surface area (Å²) >= 11 is 0. The molecule has 4 heteroatoms. The van der Waals surface area contributed by atoms with Gasteiger partial charge in [-0.2, -0.15) is 0 Å². The molecule has 1 atom stereocenters. The van der Waals surface area contributed by atoms with Crippen LogP contribution < -0.4 is 11.3 Å². The van der Waals surface area contributed by atoms with Crippen LogP contribution in [0.5, 0.6) is 0 Å². The molecule has 0 aliphatic rings. The van der Waals surface area contributed by atoms with Crippen LogP contribution in [0.25, 0.3) is 10.8 Å². The number of hydrogen-bond donors (Lipinski definition) is 1. The molecule has 1 aromatic carbocycles. The Kier molecular flexibility index (Phi) is 3.67. The van der Waals surface area contributed by atoms with Crippen LogP contribution in [0, 0.1) is 0 Å². The van der Waals surface area contributed by atoms with Crippen LogP contribution in [0.4, 0.5) is 5.82 Å². The van der Waals surface area contributed by atoms with Crippen LogP contribution in [-0.4, -0.2) is 18.3 Å². The number of aromatic nitrogens is 1. The number of ether oxygens (including phenoxy) is 1. The fourth-order valence-electron chi connectivity index (χ4n) is 2.17. The Bertz CT molecular complexity index is 604. The molecule has 2 aromatic rings. The highest BCUT2D eigenvalue weighted by molar-refractivity contribution is 5.83. The van der Waals surface area contributed by atoms with Gasteiger partial charge in [0.15, 0.2) is 0 Å². The number of nitrogen functional groups attached to an aromatic ring is 1. The molecule has 96 valence electrons. The molecule has 1 aromatic heterocycles. The van der Waals surface area contributed by atoms with Crippen molar-refractivity contribution >= 4 is 16.6 Å². The number of pyridine rings is 1. The van der Waals surface area contributed by atoms with E-state index >= 15 is 0 Å². The number of methoxy groups -OCH3 is 1. The number of anilines is 1. The molecule has 0 aliphatic heterocycles. The van der Waals surface area contributed by atoms with Crippen molar-refractivity contribution in [3.63, 3.8) is 0 Å². The third-order valence-corrected chi connectivity index (χ3v) is 3.17. The summed E-state index contributed by atoms with van der Waals surface area (Å²) < 4.78 is 6.69. The normalized spacial score (nSPS) is 12.8. The molecule has 0 fully saturated rings. The van der Waals surface area contributed by atoms with Gasteiger partial charge in [0.1, 0.15) is 5.82 Å². The molecule has 0 saturated heterocycles. The van der Waals surface area contributed by atoms with Gasteiger partial charge in [0.05, 0.1) is 0 Å². The minimum Gasteiger partial charge on any atom is -0.385 e. The minimum absolute atomic E-state index is 0.0297. The maximum absolute atomic E-state index is 12.4. The number of benzene rings is 1. The van der Waals surface area contributed by atoms with Crippen molar-refractivity contribution < 1.29 is 4.74 Å². The quantitative estimate of drug-likeness (QED) is 0.899. The Labute approximate surface area is 106 Å². The molecule has 2 rings (SSSR count). The number of hydrogen-bond acceptors (Lipinski definition) is 3. The van der Waals surface area contributed by atoms with E-state index in [0.717, 1.165) is 11.8 Å². The molecule has 0 radical (unpaired) electrons. The predicted molar refractivity (Wildman–Crippen MR) is 73.8 cm³/mol. The first kappa shape index (κ1) is 12.6. The van der Waals surface area contributed by atoms with Gasteiger partial charge in [0.25, 0.3) is 5.56 Å². The van der Waals surface area contributed by atoms with Gasteiger partial charge < -0.3 is 10.5 Å². The Morgan fingerprint density at radius 2 is 2.11 bits per heavy atom. The van der Waals surface area contributed by atoms with Crippen molar-refractivity contribution in [2.24, 2.45) is 0 Å². The van der Waals surface area contributed by atoms with Crippen molar-refractivity contribution in [3.8, 4) is 0 Å². The van der Waals surface area contributed by atoms with Gasteiger partial charge in [-0.05, 0) is 30.9 Å². The van der Waals surface area contributed by atoms with Crippen molar-refractivity contribution in [1.82, 2.24) is 4.57 Å². The van der Waals surface area contributed by atoms with E-state index in [1.807, 2.05) is 37.3 Å². The zero-order valence-electron chi connectivity index (χ0n) is 10.7. The van der Waals surface area contributed by atoms with Gasteiger partial charge in [-0.15, -0.1) is 0 Å². The lowest BCUT2D eigenvalue weighted by atomic mass is 10.1. The molecule has 0 bridgehead atoms. The van der Waals surface area contributed by atoms with E-state index in [0.29, 0.717) is 17.8 Å². The SMILES string of the molecule is COCCC(C)n1c(N)cc2ccccc2c1=O. The molecule has 18 heavy (non-hydrogen) atoms. The van der Waals surface area contributed by atoms with E-state index < -0.39 is 0 Å². The standard InChI is InChI=1S/C14H18N2O2/c1-10(7-8-18-2)16-13(15)9-11-5-3-4-6-12(11)14(16)17/h3-6,9-10H,7-8,15H2,1-2H3. The van der Waals surface area contributed by atoms with Gasteiger partial charge in [-0.1, -0.05) is 18.2 Å². The smallest absolute Gasteiger partial charge is 0.260 e. The highest BCUT2D eigenvalue weighted by Crippen LogP contribution is 2.18. The van der Waals surface area contributed by atoms with Crippen molar-refractivity contribution in [1.29, 1.82) is 0 Å². The highest BCUT2D eigenvalue weighted by atomic mass is 16.5. The van der Waals surface area contributed by atoms with Crippen molar-refractivity contribution in [2.45, 2.75) is 19.4 Å². The van der Waals surface area contributed by atoms with Crippen molar-refractivity contribution in [3.05, 3.63) is 40.7 Å². The fraction of sp³-hybridized carbons (Fsp3) is 0.357. The van der Waals surface area contributed by atoms with Crippen LogP contribution >= 0.6 is 0 Å². The molecule has 0 aliphatic carbocycles. The third kappa shape index (κ3) is 2.24. The molecule has 0 saturated carbocycles. The monoisotopic (exact) mass is 246 g/mol. The average molecular weight is 246 g/mol. The fourth-order valence-corrected chi connectivity index (χ4v) is 2.17. The maximum atomic E-state index is 12.4. The predicted octanol–water partition coefficient (Wildman–Crippen LogP) is 2.18. The number of rotatable bonds is 4. The Morgan fingerprint density at radius 1 is 1.39 bits per heavy atom. The van der Waals surface area contributed by atoms with Crippen molar-refractivity contribution in [2.75, 3.05) is 19.5 Å². The summed E-state index contributed by atoms with van der Waals surface area (Å²) in [6, 6.07) is 9.37. The summed E-state index contributed by atoms with van der Waals surface area (Å²) in [5, 5.41) is 1.59. The summed E-state index contributed by atoms with van der Waals surface area (Å²) in [5.41, 5.74) is 5.95. The topological polar surface area (TPSA) is 57.2 Å². The highest BCUT2D eigenvalue weighted by Gasteiger charge is 2.12. The van der Waals surface area contributed by atoms with E-state index in [4.69, 9.17) is 10.5 Å². The molecular formula is C14H18N2O2. The lowest BCUT2D eigenvalue weighted by Gasteiger charge is -2.18. The second-order valence-electron chi connectivity index (χ2n) is 4.46. The maximum Gasteiger partial charge on any atom is 0.260 e. The first-order chi connectivity index (χ1) is 8.65. The third-order valence-electron chi connectivity index (χ3n) is 3.17. The van der Waals surface area contributed by atoms with E-state index in [2.05, 4.69) is 0 Å². The zero-order valence-corrected chi connectivity index (χ0v) is 10.7. The summed E-state index contributed by atoms with van der Waals surface area (Å²) in [6.45, 7) is 2.59. The number of nitrogens with two attached hydrogens (primary N) is 1.